The smallest absolute Gasteiger partial charge is 0.168 e. The number of benzene rings is 1. The first-order valence-corrected chi connectivity index (χ1v) is 4.07. The van der Waals surface area contributed by atoms with Gasteiger partial charge in [-0.2, -0.15) is 0 Å². The molecule has 1 rings (SSSR count). The molecule has 1 aromatic carbocycles. The summed E-state index contributed by atoms with van der Waals surface area (Å²) in [6.07, 6.45) is 2.82. The molecule has 2 heteroatoms. The molecule has 1 N–H and O–H groups in total. The highest BCUT2D eigenvalue weighted by Gasteiger charge is 2.00. The summed E-state index contributed by atoms with van der Waals surface area (Å²) in [5.74, 6) is 0.547. The Hall–Kier alpha value is -1.02. The number of rotatable bonds is 4. The molecule has 0 aliphatic heterocycles. The van der Waals surface area contributed by atoms with Gasteiger partial charge in [0.15, 0.2) is 5.75 Å². The van der Waals surface area contributed by atoms with E-state index in [-0.39, 0.29) is 0 Å². The first kappa shape index (κ1) is 9.07. The van der Waals surface area contributed by atoms with E-state index in [4.69, 9.17) is 5.26 Å². The molecule has 65 valence electrons. The van der Waals surface area contributed by atoms with Crippen molar-refractivity contribution in [3.05, 3.63) is 36.8 Å². The average Bonchev–Trinajstić information content (AvgIpc) is 2.15. The lowest BCUT2D eigenvalue weighted by Crippen LogP contribution is -1.91. The molecule has 0 heterocycles. The van der Waals surface area contributed by atoms with Crippen molar-refractivity contribution in [3.63, 3.8) is 0 Å². The second kappa shape index (κ2) is 4.78. The zero-order valence-electron chi connectivity index (χ0n) is 6.99. The fraction of sp³-hybridized carbons (Fsp3) is 0.300. The van der Waals surface area contributed by atoms with Gasteiger partial charge in [-0.25, -0.2) is 5.26 Å². The van der Waals surface area contributed by atoms with Crippen LogP contribution in [0.4, 0.5) is 0 Å². The summed E-state index contributed by atoms with van der Waals surface area (Å²) in [4.78, 5) is 4.22. The van der Waals surface area contributed by atoms with Crippen LogP contribution in [0.2, 0.25) is 0 Å². The standard InChI is InChI=1S/C10H13O2/c1-2-3-6-9-7-4-5-8-10(9)12-11/h4-5,7-8,11H,1-3,6H2. The van der Waals surface area contributed by atoms with E-state index in [1.54, 1.807) is 6.07 Å². The highest BCUT2D eigenvalue weighted by atomic mass is 17.1. The fourth-order valence-electron chi connectivity index (χ4n) is 1.11. The second-order valence-electron chi connectivity index (χ2n) is 2.66. The number of aryl methyl sites for hydroxylation is 1. The summed E-state index contributed by atoms with van der Waals surface area (Å²) < 4.78 is 0. The number of hydrogen-bond donors (Lipinski definition) is 1. The number of unbranched alkanes of at least 4 members (excludes halogenated alkanes) is 1. The van der Waals surface area contributed by atoms with Gasteiger partial charge in [0.05, 0.1) is 0 Å². The third-order valence-electron chi connectivity index (χ3n) is 1.77. The predicted octanol–water partition coefficient (Wildman–Crippen LogP) is 2.70. The maximum atomic E-state index is 8.50. The quantitative estimate of drug-likeness (QED) is 0.549. The maximum absolute atomic E-state index is 8.50. The van der Waals surface area contributed by atoms with Gasteiger partial charge >= 0.3 is 0 Å². The zero-order chi connectivity index (χ0) is 8.81. The molecule has 0 saturated heterocycles. The van der Waals surface area contributed by atoms with E-state index in [1.807, 2.05) is 18.2 Å². The molecule has 1 radical (unpaired) electrons. The van der Waals surface area contributed by atoms with Crippen LogP contribution in [0.3, 0.4) is 0 Å². The third kappa shape index (κ3) is 2.24. The lowest BCUT2D eigenvalue weighted by atomic mass is 10.1. The van der Waals surface area contributed by atoms with Crippen LogP contribution in [-0.4, -0.2) is 5.26 Å². The van der Waals surface area contributed by atoms with Gasteiger partial charge in [-0.05, 0) is 24.5 Å². The Bertz CT molecular complexity index is 233. The molecule has 1 aromatic rings. The van der Waals surface area contributed by atoms with Gasteiger partial charge in [-0.3, -0.25) is 0 Å². The molecule has 0 aromatic heterocycles. The zero-order valence-corrected chi connectivity index (χ0v) is 6.99. The Morgan fingerprint density at radius 3 is 2.75 bits per heavy atom. The molecule has 0 atom stereocenters. The van der Waals surface area contributed by atoms with Crippen LogP contribution in [0.1, 0.15) is 18.4 Å². The highest BCUT2D eigenvalue weighted by Crippen LogP contribution is 2.18. The van der Waals surface area contributed by atoms with Crippen molar-refractivity contribution in [1.29, 1.82) is 0 Å². The summed E-state index contributed by atoms with van der Waals surface area (Å²) >= 11 is 0. The van der Waals surface area contributed by atoms with Crippen LogP contribution in [0.5, 0.6) is 5.75 Å². The molecule has 0 fully saturated rings. The van der Waals surface area contributed by atoms with E-state index >= 15 is 0 Å². The van der Waals surface area contributed by atoms with Crippen molar-refractivity contribution in [2.24, 2.45) is 0 Å². The van der Waals surface area contributed by atoms with E-state index in [2.05, 4.69) is 11.8 Å². The molecule has 12 heavy (non-hydrogen) atoms. The van der Waals surface area contributed by atoms with E-state index < -0.39 is 0 Å². The first-order chi connectivity index (χ1) is 5.88. The third-order valence-corrected chi connectivity index (χ3v) is 1.77. The minimum Gasteiger partial charge on any atom is -0.340 e. The van der Waals surface area contributed by atoms with E-state index in [1.165, 1.54) is 0 Å². The van der Waals surface area contributed by atoms with Crippen molar-refractivity contribution in [1.82, 2.24) is 0 Å². The first-order valence-electron chi connectivity index (χ1n) is 4.07. The Balaban J connectivity index is 2.68. The minimum absolute atomic E-state index is 0.547. The van der Waals surface area contributed by atoms with E-state index in [9.17, 15) is 0 Å². The summed E-state index contributed by atoms with van der Waals surface area (Å²) in [6.45, 7) is 3.75. The Labute approximate surface area is 72.7 Å². The van der Waals surface area contributed by atoms with Gasteiger partial charge in [0.25, 0.3) is 0 Å². The van der Waals surface area contributed by atoms with Crippen LogP contribution in [0.25, 0.3) is 0 Å². The SMILES string of the molecule is [CH2]CCCc1ccccc1OO. The molecule has 0 bridgehead atoms. The van der Waals surface area contributed by atoms with Crippen LogP contribution in [0, 0.1) is 6.92 Å². The normalized spacial score (nSPS) is 9.83. The molecule has 0 unspecified atom stereocenters. The van der Waals surface area contributed by atoms with Gasteiger partial charge in [0, 0.05) is 0 Å². The fourth-order valence-corrected chi connectivity index (χ4v) is 1.11. The topological polar surface area (TPSA) is 29.5 Å². The van der Waals surface area contributed by atoms with Gasteiger partial charge in [-0.15, -0.1) is 0 Å². The molecule has 0 spiro atoms. The lowest BCUT2D eigenvalue weighted by Gasteiger charge is -2.04. The molecule has 0 saturated carbocycles. The van der Waals surface area contributed by atoms with Crippen molar-refractivity contribution in [2.45, 2.75) is 19.3 Å². The van der Waals surface area contributed by atoms with E-state index in [0.29, 0.717) is 5.75 Å². The van der Waals surface area contributed by atoms with Gasteiger partial charge < -0.3 is 4.89 Å². The van der Waals surface area contributed by atoms with E-state index in [0.717, 1.165) is 24.8 Å². The van der Waals surface area contributed by atoms with Crippen molar-refractivity contribution < 1.29 is 10.1 Å². The number of para-hydroxylation sites is 1. The molecular formula is C10H13O2. The van der Waals surface area contributed by atoms with Crippen LogP contribution in [-0.2, 0) is 6.42 Å². The van der Waals surface area contributed by atoms with Crippen LogP contribution in [0.15, 0.2) is 24.3 Å². The van der Waals surface area contributed by atoms with Gasteiger partial charge in [0.2, 0.25) is 0 Å². The maximum Gasteiger partial charge on any atom is 0.168 e. The number of hydrogen-bond acceptors (Lipinski definition) is 2. The Morgan fingerprint density at radius 1 is 1.33 bits per heavy atom. The van der Waals surface area contributed by atoms with Crippen LogP contribution < -0.4 is 4.89 Å². The molecule has 0 amide bonds. The molecular weight excluding hydrogens is 152 g/mol. The van der Waals surface area contributed by atoms with Gasteiger partial charge in [0.1, 0.15) is 0 Å². The predicted molar refractivity (Wildman–Crippen MR) is 48.0 cm³/mol. The summed E-state index contributed by atoms with van der Waals surface area (Å²) in [5.41, 5.74) is 1.03. The average molecular weight is 165 g/mol. The molecule has 0 aliphatic carbocycles. The van der Waals surface area contributed by atoms with Crippen molar-refractivity contribution in [2.75, 3.05) is 0 Å². The van der Waals surface area contributed by atoms with Crippen molar-refractivity contribution >= 4 is 0 Å². The minimum atomic E-state index is 0.547. The summed E-state index contributed by atoms with van der Waals surface area (Å²) in [6, 6.07) is 7.46. The summed E-state index contributed by atoms with van der Waals surface area (Å²) in [5, 5.41) is 8.50. The highest BCUT2D eigenvalue weighted by molar-refractivity contribution is 5.32. The Morgan fingerprint density at radius 2 is 2.08 bits per heavy atom. The second-order valence-corrected chi connectivity index (χ2v) is 2.66. The van der Waals surface area contributed by atoms with Crippen LogP contribution >= 0.6 is 0 Å². The summed E-state index contributed by atoms with van der Waals surface area (Å²) in [7, 11) is 0. The molecule has 0 aliphatic rings. The van der Waals surface area contributed by atoms with Gasteiger partial charge in [-0.1, -0.05) is 31.5 Å². The lowest BCUT2D eigenvalue weighted by molar-refractivity contribution is -0.138. The Kier molecular flexibility index (Phi) is 3.61. The van der Waals surface area contributed by atoms with Crippen molar-refractivity contribution in [3.8, 4) is 5.75 Å². The monoisotopic (exact) mass is 165 g/mol. The largest absolute Gasteiger partial charge is 0.340 e. The molecule has 2 nitrogen and oxygen atoms in total.